The van der Waals surface area contributed by atoms with Crippen molar-refractivity contribution in [3.63, 3.8) is 0 Å². The number of hydrogen-bond acceptors (Lipinski definition) is 3. The van der Waals surface area contributed by atoms with Crippen molar-refractivity contribution in [3.05, 3.63) is 64.1 Å². The van der Waals surface area contributed by atoms with E-state index in [2.05, 4.69) is 5.32 Å². The van der Waals surface area contributed by atoms with Gasteiger partial charge in [-0.25, -0.2) is 8.42 Å². The van der Waals surface area contributed by atoms with Crippen molar-refractivity contribution in [2.24, 2.45) is 0 Å². The van der Waals surface area contributed by atoms with Gasteiger partial charge in [0.2, 0.25) is 15.9 Å². The summed E-state index contributed by atoms with van der Waals surface area (Å²) in [6, 6.07) is 12.4. The van der Waals surface area contributed by atoms with E-state index in [4.69, 9.17) is 23.2 Å². The maximum Gasteiger partial charge on any atom is 0.243 e. The first-order chi connectivity index (χ1) is 12.4. The van der Waals surface area contributed by atoms with Gasteiger partial charge in [0, 0.05) is 23.1 Å². The van der Waals surface area contributed by atoms with Crippen molar-refractivity contribution in [3.8, 4) is 0 Å². The van der Waals surface area contributed by atoms with Gasteiger partial charge in [-0.05, 0) is 54.8 Å². The van der Waals surface area contributed by atoms with Crippen LogP contribution in [0.25, 0.3) is 0 Å². The number of sulfonamides is 1. The monoisotopic (exact) mass is 412 g/mol. The van der Waals surface area contributed by atoms with Gasteiger partial charge in [-0.15, -0.1) is 0 Å². The SMILES string of the molecule is O=C(NCc1ccc(Cl)cc1)[C@H]1CCCN1S(=O)(=O)c1ccc(Cl)cc1. The molecule has 0 aromatic heterocycles. The number of carbonyl (C=O) groups excluding carboxylic acids is 1. The summed E-state index contributed by atoms with van der Waals surface area (Å²) in [7, 11) is -3.74. The summed E-state index contributed by atoms with van der Waals surface area (Å²) >= 11 is 11.7. The summed E-state index contributed by atoms with van der Waals surface area (Å²) < 4.78 is 27.0. The van der Waals surface area contributed by atoms with Crippen LogP contribution < -0.4 is 5.32 Å². The van der Waals surface area contributed by atoms with Gasteiger partial charge in [0.25, 0.3) is 0 Å². The lowest BCUT2D eigenvalue weighted by Gasteiger charge is -2.23. The van der Waals surface area contributed by atoms with Crippen LogP contribution in [-0.2, 0) is 21.4 Å². The van der Waals surface area contributed by atoms with Crippen molar-refractivity contribution in [1.29, 1.82) is 0 Å². The highest BCUT2D eigenvalue weighted by Gasteiger charge is 2.39. The molecule has 1 N–H and O–H groups in total. The van der Waals surface area contributed by atoms with Gasteiger partial charge in [-0.3, -0.25) is 4.79 Å². The molecule has 138 valence electrons. The minimum atomic E-state index is -3.74. The Morgan fingerprint density at radius 1 is 1.04 bits per heavy atom. The molecule has 1 saturated heterocycles. The number of nitrogens with zero attached hydrogens (tertiary/aromatic N) is 1. The second-order valence-corrected chi connectivity index (χ2v) is 8.84. The third-order valence-corrected chi connectivity index (χ3v) is 6.73. The number of carbonyl (C=O) groups is 1. The van der Waals surface area contributed by atoms with Gasteiger partial charge >= 0.3 is 0 Å². The number of benzene rings is 2. The van der Waals surface area contributed by atoms with E-state index < -0.39 is 16.1 Å². The molecule has 26 heavy (non-hydrogen) atoms. The molecule has 2 aromatic rings. The van der Waals surface area contributed by atoms with Gasteiger partial charge in [0.1, 0.15) is 6.04 Å². The molecule has 1 amide bonds. The number of amides is 1. The molecule has 8 heteroatoms. The van der Waals surface area contributed by atoms with Crippen LogP contribution in [0, 0.1) is 0 Å². The van der Waals surface area contributed by atoms with Gasteiger partial charge in [-0.1, -0.05) is 35.3 Å². The van der Waals surface area contributed by atoms with Gasteiger partial charge in [0.15, 0.2) is 0 Å². The molecule has 0 saturated carbocycles. The summed E-state index contributed by atoms with van der Waals surface area (Å²) in [4.78, 5) is 12.7. The molecule has 1 heterocycles. The predicted octanol–water partition coefficient (Wildman–Crippen LogP) is 3.46. The molecular formula is C18H18Cl2N2O3S. The average Bonchev–Trinajstić information content (AvgIpc) is 3.12. The van der Waals surface area contributed by atoms with E-state index in [0.29, 0.717) is 36.0 Å². The summed E-state index contributed by atoms with van der Waals surface area (Å²) in [5.41, 5.74) is 0.896. The van der Waals surface area contributed by atoms with Crippen molar-refractivity contribution < 1.29 is 13.2 Å². The zero-order valence-electron chi connectivity index (χ0n) is 13.9. The fourth-order valence-corrected chi connectivity index (χ4v) is 4.85. The molecular weight excluding hydrogens is 395 g/mol. The summed E-state index contributed by atoms with van der Waals surface area (Å²) in [5, 5.41) is 3.90. The molecule has 1 aliphatic heterocycles. The van der Waals surface area contributed by atoms with Crippen LogP contribution in [-0.4, -0.2) is 31.2 Å². The van der Waals surface area contributed by atoms with Crippen LogP contribution in [0.2, 0.25) is 10.0 Å². The highest BCUT2D eigenvalue weighted by Crippen LogP contribution is 2.27. The van der Waals surface area contributed by atoms with E-state index in [1.165, 1.54) is 28.6 Å². The van der Waals surface area contributed by atoms with Gasteiger partial charge in [0.05, 0.1) is 4.90 Å². The fourth-order valence-electron chi connectivity index (χ4n) is 2.94. The largest absolute Gasteiger partial charge is 0.351 e. The van der Waals surface area contributed by atoms with Crippen LogP contribution in [0.15, 0.2) is 53.4 Å². The standard InChI is InChI=1S/C18H18Cl2N2O3S/c19-14-5-3-13(4-6-14)12-21-18(23)17-2-1-11-22(17)26(24,25)16-9-7-15(20)8-10-16/h3-10,17H,1-2,11-12H2,(H,21,23)/t17-/m1/s1. The van der Waals surface area contributed by atoms with E-state index >= 15 is 0 Å². The van der Waals surface area contributed by atoms with E-state index in [9.17, 15) is 13.2 Å². The molecule has 5 nitrogen and oxygen atoms in total. The Balaban J connectivity index is 1.71. The molecule has 0 bridgehead atoms. The minimum absolute atomic E-state index is 0.138. The Labute approximate surface area is 163 Å². The number of hydrogen-bond donors (Lipinski definition) is 1. The van der Waals surface area contributed by atoms with Crippen molar-refractivity contribution in [2.75, 3.05) is 6.54 Å². The second-order valence-electron chi connectivity index (χ2n) is 6.07. The van der Waals surface area contributed by atoms with Crippen LogP contribution >= 0.6 is 23.2 Å². The van der Waals surface area contributed by atoms with E-state index in [0.717, 1.165) is 5.56 Å². The molecule has 2 aromatic carbocycles. The second kappa shape index (κ2) is 7.96. The van der Waals surface area contributed by atoms with E-state index in [1.807, 2.05) is 12.1 Å². The lowest BCUT2D eigenvalue weighted by molar-refractivity contribution is -0.124. The highest BCUT2D eigenvalue weighted by molar-refractivity contribution is 7.89. The molecule has 1 fully saturated rings. The Kier molecular flexibility index (Phi) is 5.87. The van der Waals surface area contributed by atoms with Crippen molar-refractivity contribution in [1.82, 2.24) is 9.62 Å². The van der Waals surface area contributed by atoms with E-state index in [-0.39, 0.29) is 10.8 Å². The van der Waals surface area contributed by atoms with Crippen LogP contribution in [0.1, 0.15) is 18.4 Å². The molecule has 3 rings (SSSR count). The molecule has 1 aliphatic rings. The van der Waals surface area contributed by atoms with Crippen LogP contribution in [0.4, 0.5) is 0 Å². The Bertz CT molecular complexity index is 884. The normalized spacial score (nSPS) is 18.0. The maximum atomic E-state index is 12.9. The fraction of sp³-hybridized carbons (Fsp3) is 0.278. The predicted molar refractivity (Wildman–Crippen MR) is 102 cm³/mol. The molecule has 0 unspecified atom stereocenters. The Hall–Kier alpha value is -1.60. The first kappa shape index (κ1) is 19.2. The topological polar surface area (TPSA) is 66.5 Å². The smallest absolute Gasteiger partial charge is 0.243 e. The zero-order valence-corrected chi connectivity index (χ0v) is 16.2. The average molecular weight is 413 g/mol. The van der Waals surface area contributed by atoms with Crippen LogP contribution in [0.5, 0.6) is 0 Å². The third kappa shape index (κ3) is 4.20. The van der Waals surface area contributed by atoms with Gasteiger partial charge in [-0.2, -0.15) is 4.31 Å². The lowest BCUT2D eigenvalue weighted by Crippen LogP contribution is -2.45. The summed E-state index contributed by atoms with van der Waals surface area (Å²) in [5.74, 6) is -0.296. The van der Waals surface area contributed by atoms with Crippen molar-refractivity contribution in [2.45, 2.75) is 30.3 Å². The quantitative estimate of drug-likeness (QED) is 0.817. The first-order valence-electron chi connectivity index (χ1n) is 8.17. The first-order valence-corrected chi connectivity index (χ1v) is 10.4. The summed E-state index contributed by atoms with van der Waals surface area (Å²) in [6.07, 6.45) is 1.14. The number of halogens is 2. The molecule has 1 atom stereocenters. The third-order valence-electron chi connectivity index (χ3n) is 4.31. The molecule has 0 aliphatic carbocycles. The Morgan fingerprint density at radius 3 is 2.23 bits per heavy atom. The molecule has 0 radical (unpaired) electrons. The lowest BCUT2D eigenvalue weighted by atomic mass is 10.2. The van der Waals surface area contributed by atoms with E-state index in [1.54, 1.807) is 12.1 Å². The number of rotatable bonds is 5. The van der Waals surface area contributed by atoms with Gasteiger partial charge < -0.3 is 5.32 Å². The Morgan fingerprint density at radius 2 is 1.62 bits per heavy atom. The minimum Gasteiger partial charge on any atom is -0.351 e. The van der Waals surface area contributed by atoms with Crippen molar-refractivity contribution >= 4 is 39.1 Å². The molecule has 0 spiro atoms. The highest BCUT2D eigenvalue weighted by atomic mass is 35.5. The number of nitrogens with one attached hydrogen (secondary N) is 1. The van der Waals surface area contributed by atoms with Crippen LogP contribution in [0.3, 0.4) is 0 Å². The summed E-state index contributed by atoms with van der Waals surface area (Å²) in [6.45, 7) is 0.644. The maximum absolute atomic E-state index is 12.9. The zero-order chi connectivity index (χ0) is 18.7.